The second kappa shape index (κ2) is 4.59. The summed E-state index contributed by atoms with van der Waals surface area (Å²) < 4.78 is 0. The zero-order valence-corrected chi connectivity index (χ0v) is 11.0. The Morgan fingerprint density at radius 3 is 2.72 bits per heavy atom. The molecular formula is C14H21N3O. The van der Waals surface area contributed by atoms with Crippen LogP contribution in [0, 0.1) is 0 Å². The Labute approximate surface area is 108 Å². The predicted octanol–water partition coefficient (Wildman–Crippen LogP) is 1.31. The van der Waals surface area contributed by atoms with E-state index in [0.717, 1.165) is 31.8 Å². The third-order valence-corrected chi connectivity index (χ3v) is 4.44. The van der Waals surface area contributed by atoms with Gasteiger partial charge >= 0.3 is 0 Å². The number of aliphatic hydroxyl groups is 1. The number of rotatable bonds is 3. The summed E-state index contributed by atoms with van der Waals surface area (Å²) in [6.45, 7) is 2.48. The van der Waals surface area contributed by atoms with Crippen molar-refractivity contribution in [3.05, 3.63) is 23.8 Å². The van der Waals surface area contributed by atoms with E-state index in [1.165, 1.54) is 18.5 Å². The van der Waals surface area contributed by atoms with Gasteiger partial charge in [-0.15, -0.1) is 0 Å². The molecule has 0 atom stereocenters. The van der Waals surface area contributed by atoms with Crippen molar-refractivity contribution in [1.29, 1.82) is 0 Å². The van der Waals surface area contributed by atoms with Gasteiger partial charge in [0.2, 0.25) is 0 Å². The number of aromatic nitrogens is 2. The molecule has 4 heteroatoms. The number of aliphatic hydroxyl groups excluding tert-OH is 1. The Morgan fingerprint density at radius 2 is 2.11 bits per heavy atom. The van der Waals surface area contributed by atoms with Gasteiger partial charge in [-0.1, -0.05) is 0 Å². The van der Waals surface area contributed by atoms with Crippen molar-refractivity contribution in [2.45, 2.75) is 37.0 Å². The van der Waals surface area contributed by atoms with Gasteiger partial charge < -0.3 is 10.0 Å². The van der Waals surface area contributed by atoms with Crippen LogP contribution in [0.1, 0.15) is 43.1 Å². The van der Waals surface area contributed by atoms with Crippen LogP contribution in [-0.2, 0) is 5.41 Å². The van der Waals surface area contributed by atoms with Crippen LogP contribution in [0.15, 0.2) is 12.3 Å². The van der Waals surface area contributed by atoms with Crippen LogP contribution in [0.25, 0.3) is 0 Å². The normalized spacial score (nSPS) is 24.1. The first-order chi connectivity index (χ1) is 8.73. The molecule has 1 aromatic heterocycles. The lowest BCUT2D eigenvalue weighted by molar-refractivity contribution is 0.245. The van der Waals surface area contributed by atoms with E-state index in [1.807, 2.05) is 12.3 Å². The standard InChI is InChI=1S/C14H21N3O/c1-17-8-3-11(4-9-17)12-2-7-15-13(16-12)14(10-18)5-6-14/h2,7,11,18H,3-6,8-10H2,1H3. The van der Waals surface area contributed by atoms with E-state index in [2.05, 4.69) is 16.9 Å². The van der Waals surface area contributed by atoms with Crippen LogP contribution in [0.2, 0.25) is 0 Å². The third kappa shape index (κ3) is 2.15. The summed E-state index contributed by atoms with van der Waals surface area (Å²) in [5.41, 5.74) is 1.06. The molecule has 1 saturated heterocycles. The third-order valence-electron chi connectivity index (χ3n) is 4.44. The molecule has 0 unspecified atom stereocenters. The maximum atomic E-state index is 9.46. The van der Waals surface area contributed by atoms with Crippen molar-refractivity contribution >= 4 is 0 Å². The van der Waals surface area contributed by atoms with Gasteiger partial charge in [0.05, 0.1) is 12.0 Å². The van der Waals surface area contributed by atoms with E-state index in [4.69, 9.17) is 4.98 Å². The lowest BCUT2D eigenvalue weighted by atomic mass is 9.93. The Balaban J connectivity index is 1.79. The van der Waals surface area contributed by atoms with Gasteiger partial charge in [-0.3, -0.25) is 0 Å². The van der Waals surface area contributed by atoms with Crippen LogP contribution in [0.3, 0.4) is 0 Å². The summed E-state index contributed by atoms with van der Waals surface area (Å²) in [6.07, 6.45) is 6.28. The Hall–Kier alpha value is -1.00. The molecule has 1 aliphatic carbocycles. The van der Waals surface area contributed by atoms with Crippen molar-refractivity contribution in [2.75, 3.05) is 26.7 Å². The largest absolute Gasteiger partial charge is 0.395 e. The molecule has 2 heterocycles. The van der Waals surface area contributed by atoms with E-state index in [-0.39, 0.29) is 12.0 Å². The molecule has 0 bridgehead atoms. The summed E-state index contributed by atoms with van der Waals surface area (Å²) in [7, 11) is 2.17. The molecule has 98 valence electrons. The Morgan fingerprint density at radius 1 is 1.39 bits per heavy atom. The minimum atomic E-state index is -0.110. The van der Waals surface area contributed by atoms with Crippen molar-refractivity contribution in [3.8, 4) is 0 Å². The first-order valence-electron chi connectivity index (χ1n) is 6.86. The fourth-order valence-corrected chi connectivity index (χ4v) is 2.76. The Bertz CT molecular complexity index is 423. The van der Waals surface area contributed by atoms with E-state index >= 15 is 0 Å². The highest BCUT2D eigenvalue weighted by molar-refractivity contribution is 5.21. The number of hydrogen-bond acceptors (Lipinski definition) is 4. The lowest BCUT2D eigenvalue weighted by Crippen LogP contribution is -2.30. The van der Waals surface area contributed by atoms with E-state index < -0.39 is 0 Å². The van der Waals surface area contributed by atoms with Gasteiger partial charge in [0.1, 0.15) is 5.82 Å². The van der Waals surface area contributed by atoms with Crippen molar-refractivity contribution in [2.24, 2.45) is 0 Å². The maximum absolute atomic E-state index is 9.46. The number of piperidine rings is 1. The SMILES string of the molecule is CN1CCC(c2ccnc(C3(CO)CC3)n2)CC1. The molecule has 4 nitrogen and oxygen atoms in total. The lowest BCUT2D eigenvalue weighted by Gasteiger charge is -2.28. The fraction of sp³-hybridized carbons (Fsp3) is 0.714. The van der Waals surface area contributed by atoms with Crippen LogP contribution >= 0.6 is 0 Å². The van der Waals surface area contributed by atoms with Crippen LogP contribution < -0.4 is 0 Å². The van der Waals surface area contributed by atoms with Crippen molar-refractivity contribution < 1.29 is 5.11 Å². The summed E-state index contributed by atoms with van der Waals surface area (Å²) >= 11 is 0. The number of likely N-dealkylation sites (tertiary alicyclic amines) is 1. The van der Waals surface area contributed by atoms with Crippen molar-refractivity contribution in [3.63, 3.8) is 0 Å². The molecule has 2 fully saturated rings. The van der Waals surface area contributed by atoms with Crippen molar-refractivity contribution in [1.82, 2.24) is 14.9 Å². The summed E-state index contributed by atoms with van der Waals surface area (Å²) in [6, 6.07) is 2.05. The molecule has 3 rings (SSSR count). The molecule has 1 aliphatic heterocycles. The minimum Gasteiger partial charge on any atom is -0.395 e. The molecule has 1 aromatic rings. The number of nitrogens with zero attached hydrogens (tertiary/aromatic N) is 3. The topological polar surface area (TPSA) is 49.2 Å². The molecule has 18 heavy (non-hydrogen) atoms. The van der Waals surface area contributed by atoms with E-state index in [0.29, 0.717) is 5.92 Å². The quantitative estimate of drug-likeness (QED) is 0.875. The first kappa shape index (κ1) is 12.1. The molecule has 1 saturated carbocycles. The molecule has 2 aliphatic rings. The van der Waals surface area contributed by atoms with Gasteiger partial charge in [0.25, 0.3) is 0 Å². The average Bonchev–Trinajstić information content (AvgIpc) is 3.21. The highest BCUT2D eigenvalue weighted by Gasteiger charge is 2.46. The summed E-state index contributed by atoms with van der Waals surface area (Å²) in [5, 5.41) is 9.46. The van der Waals surface area contributed by atoms with Crippen LogP contribution in [-0.4, -0.2) is 46.7 Å². The summed E-state index contributed by atoms with van der Waals surface area (Å²) in [4.78, 5) is 11.5. The molecule has 0 amide bonds. The highest BCUT2D eigenvalue weighted by atomic mass is 16.3. The zero-order chi connectivity index (χ0) is 12.6. The maximum Gasteiger partial charge on any atom is 0.136 e. The van der Waals surface area contributed by atoms with Gasteiger partial charge in [-0.25, -0.2) is 9.97 Å². The molecule has 1 N–H and O–H groups in total. The van der Waals surface area contributed by atoms with E-state index in [9.17, 15) is 5.11 Å². The predicted molar refractivity (Wildman–Crippen MR) is 69.5 cm³/mol. The smallest absolute Gasteiger partial charge is 0.136 e. The fourth-order valence-electron chi connectivity index (χ4n) is 2.76. The van der Waals surface area contributed by atoms with Gasteiger partial charge in [-0.2, -0.15) is 0 Å². The summed E-state index contributed by atoms with van der Waals surface area (Å²) in [5.74, 6) is 1.43. The van der Waals surface area contributed by atoms with Gasteiger partial charge in [0.15, 0.2) is 0 Å². The van der Waals surface area contributed by atoms with Gasteiger partial charge in [-0.05, 0) is 51.9 Å². The first-order valence-corrected chi connectivity index (χ1v) is 6.86. The molecule has 0 spiro atoms. The zero-order valence-electron chi connectivity index (χ0n) is 11.0. The highest BCUT2D eigenvalue weighted by Crippen LogP contribution is 2.46. The molecule has 0 aromatic carbocycles. The average molecular weight is 247 g/mol. The Kier molecular flexibility index (Phi) is 3.08. The molecular weight excluding hydrogens is 226 g/mol. The second-order valence-electron chi connectivity index (χ2n) is 5.82. The monoisotopic (exact) mass is 247 g/mol. The van der Waals surface area contributed by atoms with Crippen LogP contribution in [0.4, 0.5) is 0 Å². The van der Waals surface area contributed by atoms with E-state index in [1.54, 1.807) is 0 Å². The van der Waals surface area contributed by atoms with Crippen LogP contribution in [0.5, 0.6) is 0 Å². The minimum absolute atomic E-state index is 0.110. The molecule has 0 radical (unpaired) electrons. The number of hydrogen-bond donors (Lipinski definition) is 1. The van der Waals surface area contributed by atoms with Gasteiger partial charge in [0, 0.05) is 17.8 Å². The second-order valence-corrected chi connectivity index (χ2v) is 5.82.